The monoisotopic (exact) mass is 198 g/mol. The van der Waals surface area contributed by atoms with Crippen LogP contribution in [0.5, 0.6) is 0 Å². The van der Waals surface area contributed by atoms with Crippen LogP contribution in [0.25, 0.3) is 0 Å². The largest absolute Gasteiger partial charge is 0.373 e. The van der Waals surface area contributed by atoms with E-state index in [1.807, 2.05) is 0 Å². The molecule has 0 fully saturated rings. The van der Waals surface area contributed by atoms with E-state index in [0.717, 1.165) is 6.54 Å². The highest BCUT2D eigenvalue weighted by Gasteiger charge is 2.25. The molecule has 0 spiro atoms. The summed E-state index contributed by atoms with van der Waals surface area (Å²) in [6, 6.07) is 0. The lowest BCUT2D eigenvalue weighted by Gasteiger charge is -2.25. The first-order chi connectivity index (χ1) is 5.93. The van der Waals surface area contributed by atoms with E-state index in [4.69, 9.17) is 0 Å². The van der Waals surface area contributed by atoms with Crippen LogP contribution in [0.2, 0.25) is 0 Å². The summed E-state index contributed by atoms with van der Waals surface area (Å²) in [5.41, 5.74) is 1.56. The molecule has 0 saturated carbocycles. The molecule has 1 aliphatic rings. The van der Waals surface area contributed by atoms with Gasteiger partial charge in [0, 0.05) is 27.1 Å². The van der Waals surface area contributed by atoms with Gasteiger partial charge >= 0.3 is 0 Å². The van der Waals surface area contributed by atoms with Gasteiger partial charge in [0.15, 0.2) is 0 Å². The fourth-order valence-electron chi connectivity index (χ4n) is 1.46. The first-order valence-corrected chi connectivity index (χ1v) is 8.00. The van der Waals surface area contributed by atoms with Crippen molar-refractivity contribution in [3.63, 3.8) is 0 Å². The molecule has 0 unspecified atom stereocenters. The van der Waals surface area contributed by atoms with Gasteiger partial charge in [-0.2, -0.15) is 0 Å². The summed E-state index contributed by atoms with van der Waals surface area (Å²) >= 11 is 0. The highest BCUT2D eigenvalue weighted by atomic mass is 31.2. The fourth-order valence-corrected chi connectivity index (χ4v) is 2.58. The number of hydrogen-bond donors (Lipinski definition) is 0. The molecule has 1 nitrogen and oxygen atoms in total. The van der Waals surface area contributed by atoms with E-state index >= 15 is 0 Å². The Morgan fingerprint density at radius 1 is 1.38 bits per heavy atom. The summed E-state index contributed by atoms with van der Waals surface area (Å²) in [7, 11) is 1.33. The smallest absolute Gasteiger partial charge is 0.109 e. The summed E-state index contributed by atoms with van der Waals surface area (Å²) < 4.78 is 0. The Bertz CT molecular complexity index is 245. The van der Waals surface area contributed by atoms with Crippen molar-refractivity contribution in [1.82, 2.24) is 4.90 Å². The standard InChI is InChI=1S/C11H21NP/c1-6-10-7-11(13(3,4)5)9-12(2)8-10/h7,9H,6,8H2,1-5H3/q+1. The SMILES string of the molecule is CCC1=CC([P+](C)(C)C)=CN(C)C1. The minimum Gasteiger partial charge on any atom is -0.373 e. The second-order valence-corrected chi connectivity index (χ2v) is 9.18. The highest BCUT2D eigenvalue weighted by molar-refractivity contribution is 7.77. The minimum atomic E-state index is -0.836. The second-order valence-electron chi connectivity index (χ2n) is 4.64. The lowest BCUT2D eigenvalue weighted by atomic mass is 10.1. The van der Waals surface area contributed by atoms with Crippen molar-refractivity contribution < 1.29 is 0 Å². The molecule has 0 bridgehead atoms. The summed E-state index contributed by atoms with van der Waals surface area (Å²) in [5, 5.41) is 1.55. The molecule has 0 aromatic heterocycles. The van der Waals surface area contributed by atoms with Gasteiger partial charge in [0.25, 0.3) is 0 Å². The Balaban J connectivity index is 2.91. The van der Waals surface area contributed by atoms with E-state index < -0.39 is 7.26 Å². The summed E-state index contributed by atoms with van der Waals surface area (Å²) in [4.78, 5) is 2.30. The van der Waals surface area contributed by atoms with Crippen LogP contribution >= 0.6 is 7.26 Å². The maximum Gasteiger partial charge on any atom is 0.109 e. The van der Waals surface area contributed by atoms with Gasteiger partial charge < -0.3 is 4.90 Å². The maximum absolute atomic E-state index is 2.41. The number of hydrogen-bond acceptors (Lipinski definition) is 1. The van der Waals surface area contributed by atoms with Crippen LogP contribution in [0.3, 0.4) is 0 Å². The van der Waals surface area contributed by atoms with Crippen molar-refractivity contribution >= 4 is 7.26 Å². The molecular weight excluding hydrogens is 177 g/mol. The highest BCUT2D eigenvalue weighted by Crippen LogP contribution is 2.56. The molecule has 0 aromatic rings. The Morgan fingerprint density at radius 3 is 2.46 bits per heavy atom. The number of likely N-dealkylation sites (N-methyl/N-ethyl adjacent to an activating group) is 1. The topological polar surface area (TPSA) is 3.24 Å². The van der Waals surface area contributed by atoms with E-state index in [9.17, 15) is 0 Å². The molecule has 0 amide bonds. The molecule has 2 heteroatoms. The van der Waals surface area contributed by atoms with Crippen LogP contribution in [0.1, 0.15) is 13.3 Å². The van der Waals surface area contributed by atoms with Gasteiger partial charge in [0.2, 0.25) is 0 Å². The Hall–Kier alpha value is -0.290. The lowest BCUT2D eigenvalue weighted by molar-refractivity contribution is 0.483. The molecule has 1 heterocycles. The first kappa shape index (κ1) is 10.8. The molecule has 0 atom stereocenters. The third-order valence-corrected chi connectivity index (χ3v) is 4.18. The van der Waals surface area contributed by atoms with E-state index in [-0.39, 0.29) is 0 Å². The normalized spacial score (nSPS) is 18.4. The third kappa shape index (κ3) is 2.84. The van der Waals surface area contributed by atoms with Crippen molar-refractivity contribution in [1.29, 1.82) is 0 Å². The predicted octanol–water partition coefficient (Wildman–Crippen LogP) is 3.02. The van der Waals surface area contributed by atoms with Crippen molar-refractivity contribution in [2.24, 2.45) is 0 Å². The van der Waals surface area contributed by atoms with Crippen molar-refractivity contribution in [3.8, 4) is 0 Å². The van der Waals surface area contributed by atoms with Crippen LogP contribution in [0.4, 0.5) is 0 Å². The zero-order chi connectivity index (χ0) is 10.1. The van der Waals surface area contributed by atoms with E-state index in [1.54, 1.807) is 10.9 Å². The average molecular weight is 198 g/mol. The molecule has 0 radical (unpaired) electrons. The minimum absolute atomic E-state index is 0.836. The van der Waals surface area contributed by atoms with E-state index in [1.165, 1.54) is 6.42 Å². The van der Waals surface area contributed by atoms with Gasteiger partial charge in [0.1, 0.15) is 5.31 Å². The molecule has 0 aromatic carbocycles. The van der Waals surface area contributed by atoms with Gasteiger partial charge in [-0.15, -0.1) is 0 Å². The summed E-state index contributed by atoms with van der Waals surface area (Å²) in [6.07, 6.45) is 5.91. The number of rotatable bonds is 2. The average Bonchev–Trinajstić information content (AvgIpc) is 2.01. The molecule has 74 valence electrons. The van der Waals surface area contributed by atoms with Crippen LogP contribution in [-0.2, 0) is 0 Å². The summed E-state index contributed by atoms with van der Waals surface area (Å²) in [5.74, 6) is 0. The van der Waals surface area contributed by atoms with Gasteiger partial charge in [-0.25, -0.2) is 0 Å². The van der Waals surface area contributed by atoms with Gasteiger partial charge in [-0.1, -0.05) is 6.92 Å². The Morgan fingerprint density at radius 2 is 2.00 bits per heavy atom. The molecule has 13 heavy (non-hydrogen) atoms. The van der Waals surface area contributed by atoms with Gasteiger partial charge in [0.05, 0.1) is 20.0 Å². The predicted molar refractivity (Wildman–Crippen MR) is 63.8 cm³/mol. The summed E-state index contributed by atoms with van der Waals surface area (Å²) in [6.45, 7) is 10.5. The molecule has 1 aliphatic heterocycles. The molecule has 0 aliphatic carbocycles. The first-order valence-electron chi connectivity index (χ1n) is 4.87. The van der Waals surface area contributed by atoms with Crippen molar-refractivity contribution in [2.45, 2.75) is 13.3 Å². The quantitative estimate of drug-likeness (QED) is 0.616. The number of nitrogens with zero attached hydrogens (tertiary/aromatic N) is 1. The molecule has 1 rings (SSSR count). The third-order valence-electron chi connectivity index (χ3n) is 2.39. The zero-order valence-corrected chi connectivity index (χ0v) is 10.4. The van der Waals surface area contributed by atoms with Crippen LogP contribution in [0, 0.1) is 0 Å². The molecule has 0 saturated heterocycles. The van der Waals surface area contributed by atoms with E-state index in [2.05, 4.69) is 51.1 Å². The Kier molecular flexibility index (Phi) is 3.18. The van der Waals surface area contributed by atoms with Crippen LogP contribution < -0.4 is 0 Å². The van der Waals surface area contributed by atoms with Crippen LogP contribution in [-0.4, -0.2) is 38.5 Å². The fraction of sp³-hybridized carbons (Fsp3) is 0.636. The maximum atomic E-state index is 2.41. The van der Waals surface area contributed by atoms with Crippen molar-refractivity contribution in [3.05, 3.63) is 23.2 Å². The Labute approximate surface area is 82.8 Å². The second kappa shape index (κ2) is 3.84. The van der Waals surface area contributed by atoms with Gasteiger partial charge in [-0.05, 0) is 18.1 Å². The molecule has 0 N–H and O–H groups in total. The van der Waals surface area contributed by atoms with Crippen LogP contribution in [0.15, 0.2) is 23.2 Å². The van der Waals surface area contributed by atoms with Crippen molar-refractivity contribution in [2.75, 3.05) is 33.6 Å². The van der Waals surface area contributed by atoms with Gasteiger partial charge in [-0.3, -0.25) is 0 Å². The number of allylic oxidation sites excluding steroid dienone is 2. The lowest BCUT2D eigenvalue weighted by Crippen LogP contribution is -2.19. The zero-order valence-electron chi connectivity index (χ0n) is 9.46. The molecular formula is C11H21NP+. The van der Waals surface area contributed by atoms with E-state index in [0.29, 0.717) is 0 Å².